The van der Waals surface area contributed by atoms with Crippen LogP contribution in [0.25, 0.3) is 10.9 Å². The molecule has 0 spiro atoms. The number of carbonyl (C=O) groups is 20. The second-order valence-electron chi connectivity index (χ2n) is 27.8. The molecule has 1 saturated heterocycles. The first kappa shape index (κ1) is 97.0. The van der Waals surface area contributed by atoms with Crippen LogP contribution in [0, 0.1) is 11.3 Å². The van der Waals surface area contributed by atoms with Crippen LogP contribution < -0.4 is 91.6 Å². The van der Waals surface area contributed by atoms with Crippen LogP contribution >= 0.6 is 0 Å². The highest BCUT2D eigenvalue weighted by Crippen LogP contribution is 2.22. The number of aliphatic hydroxyl groups excluding tert-OH is 1. The Balaban J connectivity index is 1.90. The number of nitrogens with one attached hydrogen (secondary N) is 16. The number of aromatic amines is 1. The predicted molar refractivity (Wildman–Crippen MR) is 411 cm³/mol. The quantitative estimate of drug-likeness (QED) is 0.00643. The number of para-hydroxylation sites is 2. The molecule has 1 fully saturated rings. The van der Waals surface area contributed by atoms with E-state index >= 15 is 0 Å². The van der Waals surface area contributed by atoms with Crippen molar-refractivity contribution in [3.05, 3.63) is 65.9 Å². The van der Waals surface area contributed by atoms with E-state index in [1.54, 1.807) is 30.5 Å². The summed E-state index contributed by atoms with van der Waals surface area (Å²) in [7, 11) is 0. The maximum atomic E-state index is 14.9. The smallest absolute Gasteiger partial charge is 0.329 e. The molecule has 0 saturated carbocycles. The number of rotatable bonds is 36. The third kappa shape index (κ3) is 33.6. The number of nitrogens with two attached hydrogens (primary N) is 3. The van der Waals surface area contributed by atoms with Crippen molar-refractivity contribution in [2.45, 2.75) is 209 Å². The van der Waals surface area contributed by atoms with Gasteiger partial charge in [-0.2, -0.15) is 0 Å². The van der Waals surface area contributed by atoms with Crippen molar-refractivity contribution < 1.29 is 126 Å². The number of aliphatic carboxylic acids is 4. The fourth-order valence-electron chi connectivity index (χ4n) is 11.9. The van der Waals surface area contributed by atoms with Crippen LogP contribution in [0.15, 0.2) is 54.7 Å². The number of aromatic nitrogens is 1. The first-order valence-corrected chi connectivity index (χ1v) is 37.6. The lowest BCUT2D eigenvalue weighted by molar-refractivity contribution is -0.156. The number of fused-ring (bicyclic) bond motifs is 1. The van der Waals surface area contributed by atoms with E-state index in [4.69, 9.17) is 27.3 Å². The van der Waals surface area contributed by atoms with Gasteiger partial charge in [-0.25, -0.2) is 4.79 Å². The van der Waals surface area contributed by atoms with E-state index in [1.165, 1.54) is 24.3 Å². The number of unbranched alkanes of at least 4 members (excludes halogenated alkanes) is 6. The summed E-state index contributed by atoms with van der Waals surface area (Å²) in [6.45, 7) is 1.00. The molecule has 0 radical (unpaired) electrons. The molecule has 45 nitrogen and oxygen atoms in total. The number of ketones is 1. The molecule has 118 heavy (non-hydrogen) atoms. The van der Waals surface area contributed by atoms with Gasteiger partial charge in [0.1, 0.15) is 72.6 Å². The van der Waals surface area contributed by atoms with Gasteiger partial charge in [-0.3, -0.25) is 96.5 Å². The molecule has 27 N–H and O–H groups in total. The fourth-order valence-corrected chi connectivity index (χ4v) is 11.9. The number of benzene rings is 2. The van der Waals surface area contributed by atoms with E-state index in [2.05, 4.69) is 70.4 Å². The van der Waals surface area contributed by atoms with E-state index in [1.807, 2.05) is 16.0 Å². The molecule has 2 aromatic carbocycles. The summed E-state index contributed by atoms with van der Waals surface area (Å²) in [5.74, 6) is -30.6. The number of hydrogen-bond acceptors (Lipinski definition) is 24. The number of H-pyrrole nitrogens is 1. The molecule has 14 amide bonds. The zero-order valence-electron chi connectivity index (χ0n) is 65.1. The maximum absolute atomic E-state index is 14.9. The standard InChI is InChI=1S/C73H103N19O26/c1-5-6-7-8-9-10-11-22-53(96)84-44(25-38-31-79-42-20-15-13-17-39(38)42)66(111)87-45(27-52(75)95)67(112)89-48(30-59(105)106)68(113)92-61-37(4)118-72(117)49(26-51(94)40-18-12-14-19-41(40)74)90-71(116)60(35(2)24-56(99)100)91-69(114)50(34-93)85-55(98)32-80-63(108)46(28-57(101)102)86-62(107)36(3)82-65(110)47(29-58(103)104)88-64(109)43(21-16-23-78-73(76)77)83-54(97)33-81-70(61)115/h12-15,17-20,31,35-37,43-50,60-61,79,93H,5-11,16,21-30,32-34,74H2,1-4H3,(H2,75,95)(H,80,108)(H,81,115)(H,82,110)(H,83,97)(H,84,96)(H,85,98)(H,86,107)(H,87,111)(H,88,109)(H,89,112)(H,90,116)(H,91,114)(H,92,113)(H,99,100)(H,101,102)(H,103,104)(H,105,106)(H4,76,77,78)/t35-,36-,37?,43+,44+,45+,46+,47?,48+,49+,50-,60?,61?/m1/s1. The number of cyclic esters (lactones) is 1. The molecular formula is C73H103N19O26. The lowest BCUT2D eigenvalue weighted by Gasteiger charge is -2.30. The predicted octanol–water partition coefficient (Wildman–Crippen LogP) is -6.10. The Labute approximate surface area is 674 Å². The van der Waals surface area contributed by atoms with Gasteiger partial charge in [-0.1, -0.05) is 82.7 Å². The molecule has 0 aliphatic carbocycles. The highest BCUT2D eigenvalue weighted by Gasteiger charge is 2.41. The van der Waals surface area contributed by atoms with Gasteiger partial charge in [0.25, 0.3) is 0 Å². The highest BCUT2D eigenvalue weighted by atomic mass is 16.5. The van der Waals surface area contributed by atoms with Crippen molar-refractivity contribution in [1.82, 2.24) is 79.4 Å². The summed E-state index contributed by atoms with van der Waals surface area (Å²) in [6, 6.07) is -10.9. The topological polar surface area (TPSA) is 738 Å². The number of ether oxygens (including phenoxy) is 1. The van der Waals surface area contributed by atoms with Gasteiger partial charge in [0.05, 0.1) is 51.8 Å². The molecule has 4 unspecified atom stereocenters. The zero-order valence-corrected chi connectivity index (χ0v) is 65.1. The van der Waals surface area contributed by atoms with E-state index in [0.717, 1.165) is 52.9 Å². The molecule has 1 aromatic heterocycles. The van der Waals surface area contributed by atoms with E-state index < -0.39 is 267 Å². The lowest BCUT2D eigenvalue weighted by atomic mass is 9.96. The number of amides is 14. The number of aliphatic hydroxyl groups is 1. The second-order valence-corrected chi connectivity index (χ2v) is 27.8. The average Bonchev–Trinajstić information content (AvgIpc) is 1.59. The Bertz CT molecular complexity index is 4170. The van der Waals surface area contributed by atoms with Gasteiger partial charge in [0, 0.05) is 54.2 Å². The maximum Gasteiger partial charge on any atom is 0.329 e. The Hall–Kier alpha value is -13.4. The van der Waals surface area contributed by atoms with E-state index in [9.17, 15) is 121 Å². The molecule has 45 heteroatoms. The Kier molecular flexibility index (Phi) is 40.1. The Morgan fingerprint density at radius 2 is 1.10 bits per heavy atom. The Morgan fingerprint density at radius 3 is 1.70 bits per heavy atom. The number of Topliss-reactive ketones (excluding diaryl/α,β-unsaturated/α-hetero) is 1. The van der Waals surface area contributed by atoms with Crippen molar-refractivity contribution in [2.75, 3.05) is 32.0 Å². The van der Waals surface area contributed by atoms with Gasteiger partial charge >= 0.3 is 29.8 Å². The summed E-state index contributed by atoms with van der Waals surface area (Å²) in [5, 5.41) is 88.7. The van der Waals surface area contributed by atoms with Gasteiger partial charge in [-0.15, -0.1) is 0 Å². The van der Waals surface area contributed by atoms with Crippen LogP contribution in [0.4, 0.5) is 5.69 Å². The van der Waals surface area contributed by atoms with Crippen LogP contribution in [0.3, 0.4) is 0 Å². The molecule has 1 aliphatic rings. The second kappa shape index (κ2) is 48.7. The molecule has 646 valence electrons. The Morgan fingerprint density at radius 1 is 0.559 bits per heavy atom. The van der Waals surface area contributed by atoms with Crippen LogP contribution in [-0.2, 0) is 102 Å². The molecule has 2 heterocycles. The van der Waals surface area contributed by atoms with Crippen molar-refractivity contribution in [2.24, 2.45) is 17.4 Å². The minimum Gasteiger partial charge on any atom is -0.481 e. The number of carboxylic acid groups (broad SMARTS) is 4. The van der Waals surface area contributed by atoms with E-state index in [0.29, 0.717) is 29.3 Å². The molecule has 0 bridgehead atoms. The minimum absolute atomic E-state index is 0.0257. The van der Waals surface area contributed by atoms with Crippen molar-refractivity contribution in [1.29, 1.82) is 5.41 Å². The monoisotopic (exact) mass is 1660 g/mol. The normalized spacial score (nSPS) is 20.9. The van der Waals surface area contributed by atoms with Crippen molar-refractivity contribution in [3.8, 4) is 0 Å². The van der Waals surface area contributed by atoms with Gasteiger partial charge in [-0.05, 0) is 62.8 Å². The molecule has 4 rings (SSSR count). The molecule has 13 atom stereocenters. The third-order valence-corrected chi connectivity index (χ3v) is 18.2. The SMILES string of the molecule is CCCCCCCCCC(=O)N[C@@H](Cc1c[nH]c2ccccc12)C(=O)N[C@@H](CC(N)=O)C(=O)N[C@@H](CC(=O)O)C(=O)NC1C(=O)NCC(=O)N[C@@H](CCCNC(=N)N)C(=O)NC(CC(=O)O)C(=O)N[C@H](C)C(=O)N[C@@H](CC(=O)O)C(=O)NCC(=O)N[C@H](CO)C(=O)NC([C@H](C)CC(=O)O)C(=O)N[C@@H](CC(=O)c2ccccc2N)C(=O)OC1C. The summed E-state index contributed by atoms with van der Waals surface area (Å²) < 4.78 is 5.69. The number of hydrogen-bond donors (Lipinski definition) is 24. The van der Waals surface area contributed by atoms with Crippen LogP contribution in [0.2, 0.25) is 0 Å². The van der Waals surface area contributed by atoms with Gasteiger partial charge < -0.3 is 127 Å². The number of primary amides is 1. The first-order chi connectivity index (χ1) is 55.7. The van der Waals surface area contributed by atoms with Crippen LogP contribution in [0.5, 0.6) is 0 Å². The van der Waals surface area contributed by atoms with E-state index in [-0.39, 0.29) is 37.1 Å². The molecule has 1 aliphatic heterocycles. The lowest BCUT2D eigenvalue weighted by Crippen LogP contribution is -2.62. The van der Waals surface area contributed by atoms with Gasteiger partial charge in [0.2, 0.25) is 82.7 Å². The van der Waals surface area contributed by atoms with Crippen LogP contribution in [-0.4, -0.2) is 254 Å². The first-order valence-electron chi connectivity index (χ1n) is 37.6. The number of nitrogen functional groups attached to an aromatic ring is 1. The number of anilines is 1. The third-order valence-electron chi connectivity index (χ3n) is 18.2. The molecule has 3 aromatic rings. The number of guanidine groups is 1. The van der Waals surface area contributed by atoms with Gasteiger partial charge in [0.15, 0.2) is 11.7 Å². The highest BCUT2D eigenvalue weighted by molar-refractivity contribution is 6.05. The largest absolute Gasteiger partial charge is 0.481 e. The van der Waals surface area contributed by atoms with Crippen molar-refractivity contribution >= 4 is 141 Å². The number of esters is 1. The zero-order chi connectivity index (χ0) is 88.0. The molecular weight excluding hydrogens is 1560 g/mol. The van der Waals surface area contributed by atoms with Crippen molar-refractivity contribution in [3.63, 3.8) is 0 Å². The average molecular weight is 1660 g/mol. The number of carbonyl (C=O) groups excluding carboxylic acids is 16. The summed E-state index contributed by atoms with van der Waals surface area (Å²) >= 11 is 0. The number of carboxylic acids is 4. The summed E-state index contributed by atoms with van der Waals surface area (Å²) in [5.41, 5.74) is 17.8. The van der Waals surface area contributed by atoms with Crippen LogP contribution in [0.1, 0.15) is 146 Å². The summed E-state index contributed by atoms with van der Waals surface area (Å²) in [6.07, 6.45) is -2.67. The fraction of sp³-hybridized carbons (Fsp3) is 0.521. The summed E-state index contributed by atoms with van der Waals surface area (Å²) in [4.78, 5) is 277. The minimum atomic E-state index is -2.48.